The lowest BCUT2D eigenvalue weighted by molar-refractivity contribution is -0.139. The van der Waals surface area contributed by atoms with Crippen LogP contribution in [0.3, 0.4) is 0 Å². The number of ether oxygens (including phenoxy) is 1. The minimum atomic E-state index is -1.20. The molecule has 0 heterocycles. The van der Waals surface area contributed by atoms with Crippen molar-refractivity contribution in [2.45, 2.75) is 24.3 Å². The molecule has 132 valence electrons. The summed E-state index contributed by atoms with van der Waals surface area (Å²) in [6, 6.07) is 6.97. The van der Waals surface area contributed by atoms with Crippen molar-refractivity contribution in [3.8, 4) is 0 Å². The van der Waals surface area contributed by atoms with Gasteiger partial charge in [-0.1, -0.05) is 48.6 Å². The summed E-state index contributed by atoms with van der Waals surface area (Å²) in [6.45, 7) is -0.151. The van der Waals surface area contributed by atoms with E-state index in [2.05, 4.69) is 23.5 Å². The minimum Gasteiger partial charge on any atom is -0.480 e. The Bertz CT molecular complexity index is 712. The van der Waals surface area contributed by atoms with Crippen LogP contribution in [0.25, 0.3) is 0 Å². The first-order valence-electron chi connectivity index (χ1n) is 8.32. The number of carbonyl (C=O) groups is 2. The minimum absolute atomic E-state index is 0.0364. The molecule has 3 rings (SSSR count). The van der Waals surface area contributed by atoms with Gasteiger partial charge in [-0.15, -0.1) is 0 Å². The molecule has 0 bridgehead atoms. The Morgan fingerprint density at radius 3 is 2.60 bits per heavy atom. The highest BCUT2D eigenvalue weighted by molar-refractivity contribution is 5.79. The second-order valence-corrected chi connectivity index (χ2v) is 6.25. The molecule has 4 atom stereocenters. The van der Waals surface area contributed by atoms with Crippen molar-refractivity contribution in [3.63, 3.8) is 0 Å². The normalized spacial score (nSPS) is 24.3. The molecule has 1 aromatic carbocycles. The summed E-state index contributed by atoms with van der Waals surface area (Å²) in [5.74, 6) is -0.658. The zero-order chi connectivity index (χ0) is 17.8. The molecule has 1 amide bonds. The number of amides is 1. The lowest BCUT2D eigenvalue weighted by atomic mass is 9.84. The number of allylic oxidation sites excluding steroid dienone is 4. The first-order valence-corrected chi connectivity index (χ1v) is 8.32. The number of aliphatic carboxylic acids is 1. The summed E-state index contributed by atoms with van der Waals surface area (Å²) >= 11 is 0. The van der Waals surface area contributed by atoms with Crippen LogP contribution in [-0.4, -0.2) is 41.5 Å². The van der Waals surface area contributed by atoms with E-state index >= 15 is 0 Å². The van der Waals surface area contributed by atoms with Gasteiger partial charge in [0.25, 0.3) is 0 Å². The van der Waals surface area contributed by atoms with Crippen molar-refractivity contribution in [3.05, 3.63) is 59.7 Å². The van der Waals surface area contributed by atoms with Crippen molar-refractivity contribution in [1.82, 2.24) is 5.32 Å². The van der Waals surface area contributed by atoms with Crippen LogP contribution in [0.5, 0.6) is 0 Å². The highest BCUT2D eigenvalue weighted by Gasteiger charge is 2.39. The summed E-state index contributed by atoms with van der Waals surface area (Å²) in [7, 11) is 0. The van der Waals surface area contributed by atoms with E-state index in [1.54, 1.807) is 0 Å². The van der Waals surface area contributed by atoms with Gasteiger partial charge in [0.15, 0.2) is 0 Å². The summed E-state index contributed by atoms with van der Waals surface area (Å²) in [6.07, 6.45) is 7.47. The number of hydrogen-bond donors (Lipinski definition) is 3. The van der Waals surface area contributed by atoms with Gasteiger partial charge < -0.3 is 20.3 Å². The quantitative estimate of drug-likeness (QED) is 0.736. The van der Waals surface area contributed by atoms with Gasteiger partial charge in [0, 0.05) is 24.9 Å². The largest absolute Gasteiger partial charge is 0.480 e. The Kier molecular flexibility index (Phi) is 5.19. The van der Waals surface area contributed by atoms with Crippen molar-refractivity contribution in [2.24, 2.45) is 5.92 Å². The smallest absolute Gasteiger partial charge is 0.407 e. The molecule has 4 unspecified atom stereocenters. The van der Waals surface area contributed by atoms with E-state index in [-0.39, 0.29) is 37.4 Å². The molecule has 0 spiro atoms. The molecular formula is C19H21NO5. The average Bonchev–Trinajstić information content (AvgIpc) is 2.93. The number of fused-ring (bicyclic) bond motifs is 3. The number of carboxylic acid groups (broad SMARTS) is 1. The number of carbonyl (C=O) groups excluding carboxylic acids is 1. The third-order valence-electron chi connectivity index (χ3n) is 4.80. The number of carboxylic acids is 1. The highest BCUT2D eigenvalue weighted by Crippen LogP contribution is 2.49. The Morgan fingerprint density at radius 1 is 1.16 bits per heavy atom. The Balaban J connectivity index is 1.66. The maximum absolute atomic E-state index is 12.0. The number of benzene rings is 1. The van der Waals surface area contributed by atoms with Gasteiger partial charge in [-0.3, -0.25) is 0 Å². The monoisotopic (exact) mass is 343 g/mol. The molecule has 0 aromatic heterocycles. The zero-order valence-corrected chi connectivity index (χ0v) is 13.7. The molecule has 6 nitrogen and oxygen atoms in total. The summed E-state index contributed by atoms with van der Waals surface area (Å²) in [5, 5.41) is 20.2. The second kappa shape index (κ2) is 7.53. The van der Waals surface area contributed by atoms with Crippen LogP contribution in [0.4, 0.5) is 4.79 Å². The van der Waals surface area contributed by atoms with Crippen LogP contribution in [0.2, 0.25) is 0 Å². The summed E-state index contributed by atoms with van der Waals surface area (Å²) in [5.41, 5.74) is 2.40. The summed E-state index contributed by atoms with van der Waals surface area (Å²) in [4.78, 5) is 23.0. The van der Waals surface area contributed by atoms with Crippen LogP contribution in [0.1, 0.15) is 29.4 Å². The maximum Gasteiger partial charge on any atom is 0.407 e. The van der Waals surface area contributed by atoms with Crippen LogP contribution < -0.4 is 5.32 Å². The van der Waals surface area contributed by atoms with E-state index in [1.165, 1.54) is 5.56 Å². The third-order valence-corrected chi connectivity index (χ3v) is 4.80. The fraction of sp³-hybridized carbons (Fsp3) is 0.368. The second-order valence-electron chi connectivity index (χ2n) is 6.25. The Morgan fingerprint density at radius 2 is 1.88 bits per heavy atom. The number of hydrogen-bond acceptors (Lipinski definition) is 4. The number of nitrogens with one attached hydrogen (secondary N) is 1. The molecular weight excluding hydrogens is 322 g/mol. The number of aliphatic hydroxyl groups is 1. The number of rotatable bonds is 6. The van der Waals surface area contributed by atoms with Gasteiger partial charge in [0.05, 0.1) is 0 Å². The fourth-order valence-electron chi connectivity index (χ4n) is 3.62. The van der Waals surface area contributed by atoms with Crippen molar-refractivity contribution in [2.75, 3.05) is 13.2 Å². The SMILES string of the molecule is O=C(NC(CCO)C(=O)O)OCC1c2ccccc2C2C=CC=CC21. The standard InChI is InChI=1S/C19H21NO5/c21-10-9-17(18(22)23)20-19(24)25-11-16-14-7-3-1-5-12(14)13-6-2-4-8-15(13)16/h1-8,12,14,16-17,21H,9-11H2,(H,20,24)(H,22,23). The molecule has 2 aliphatic rings. The predicted molar refractivity (Wildman–Crippen MR) is 91.3 cm³/mol. The maximum atomic E-state index is 12.0. The molecule has 25 heavy (non-hydrogen) atoms. The number of aliphatic hydroxyl groups excluding tert-OH is 1. The van der Waals surface area contributed by atoms with Gasteiger partial charge in [-0.2, -0.15) is 0 Å². The molecule has 0 saturated heterocycles. The van der Waals surface area contributed by atoms with Crippen molar-refractivity contribution < 1.29 is 24.5 Å². The first-order chi connectivity index (χ1) is 12.1. The first kappa shape index (κ1) is 17.2. The van der Waals surface area contributed by atoms with Gasteiger partial charge in [0.1, 0.15) is 12.6 Å². The molecule has 0 aliphatic heterocycles. The highest BCUT2D eigenvalue weighted by atomic mass is 16.5. The molecule has 1 aromatic rings. The lowest BCUT2D eigenvalue weighted by Gasteiger charge is -2.23. The predicted octanol–water partition coefficient (Wildman–Crippen LogP) is 2.17. The van der Waals surface area contributed by atoms with Crippen molar-refractivity contribution in [1.29, 1.82) is 0 Å². The van der Waals surface area contributed by atoms with E-state index in [4.69, 9.17) is 14.9 Å². The fourth-order valence-corrected chi connectivity index (χ4v) is 3.62. The van der Waals surface area contributed by atoms with E-state index in [1.807, 2.05) is 30.4 Å². The van der Waals surface area contributed by atoms with Crippen molar-refractivity contribution >= 4 is 12.1 Å². The molecule has 0 radical (unpaired) electrons. The zero-order valence-electron chi connectivity index (χ0n) is 13.7. The molecule has 2 aliphatic carbocycles. The summed E-state index contributed by atoms with van der Waals surface area (Å²) < 4.78 is 5.31. The lowest BCUT2D eigenvalue weighted by Crippen LogP contribution is -2.42. The van der Waals surface area contributed by atoms with E-state index in [9.17, 15) is 9.59 Å². The van der Waals surface area contributed by atoms with Gasteiger partial charge >= 0.3 is 12.1 Å². The van der Waals surface area contributed by atoms with E-state index < -0.39 is 18.1 Å². The van der Waals surface area contributed by atoms with Gasteiger partial charge in [0.2, 0.25) is 0 Å². The van der Waals surface area contributed by atoms with Crippen LogP contribution in [0, 0.1) is 5.92 Å². The molecule has 6 heteroatoms. The third kappa shape index (κ3) is 3.58. The number of alkyl carbamates (subject to hydrolysis) is 1. The molecule has 0 fully saturated rings. The van der Waals surface area contributed by atoms with E-state index in [0.29, 0.717) is 0 Å². The van der Waals surface area contributed by atoms with Crippen LogP contribution in [0.15, 0.2) is 48.6 Å². The van der Waals surface area contributed by atoms with Crippen LogP contribution >= 0.6 is 0 Å². The average molecular weight is 343 g/mol. The molecule has 0 saturated carbocycles. The Hall–Kier alpha value is -2.60. The molecule has 3 N–H and O–H groups in total. The topological polar surface area (TPSA) is 95.9 Å². The Labute approximate surface area is 145 Å². The van der Waals surface area contributed by atoms with Crippen LogP contribution in [-0.2, 0) is 9.53 Å². The van der Waals surface area contributed by atoms with Gasteiger partial charge in [-0.25, -0.2) is 9.59 Å². The van der Waals surface area contributed by atoms with E-state index in [0.717, 1.165) is 5.56 Å². The van der Waals surface area contributed by atoms with Gasteiger partial charge in [-0.05, 0) is 17.0 Å².